The van der Waals surface area contributed by atoms with Gasteiger partial charge in [0, 0.05) is 6.20 Å². The summed E-state index contributed by atoms with van der Waals surface area (Å²) in [5, 5.41) is 6.16. The Balaban J connectivity index is 0.00000128. The van der Waals surface area contributed by atoms with Gasteiger partial charge >= 0.3 is 0 Å². The second kappa shape index (κ2) is 5.27. The van der Waals surface area contributed by atoms with Gasteiger partial charge in [0.1, 0.15) is 17.1 Å². The van der Waals surface area contributed by atoms with Gasteiger partial charge in [-0.15, -0.1) is 12.4 Å². The van der Waals surface area contributed by atoms with E-state index in [1.807, 2.05) is 0 Å². The second-order valence-electron chi connectivity index (χ2n) is 2.96. The van der Waals surface area contributed by atoms with Crippen molar-refractivity contribution in [1.82, 2.24) is 10.1 Å². The summed E-state index contributed by atoms with van der Waals surface area (Å²) in [6, 6.07) is 5.28. The number of hydrogen-bond donors (Lipinski definition) is 1. The van der Waals surface area contributed by atoms with Gasteiger partial charge in [0.25, 0.3) is 5.91 Å². The summed E-state index contributed by atoms with van der Waals surface area (Å²) in [6.07, 6.45) is 2.99. The van der Waals surface area contributed by atoms with Crippen molar-refractivity contribution >= 4 is 24.1 Å². The minimum absolute atomic E-state index is 0. The Morgan fingerprint density at radius 3 is 2.81 bits per heavy atom. The molecule has 2 rings (SSSR count). The molecule has 2 heterocycles. The molecule has 0 aliphatic rings. The van der Waals surface area contributed by atoms with Crippen LogP contribution in [0.5, 0.6) is 0 Å². The third-order valence-electron chi connectivity index (χ3n) is 1.90. The van der Waals surface area contributed by atoms with Crippen LogP contribution in [0.4, 0.5) is 5.82 Å². The van der Waals surface area contributed by atoms with Crippen molar-refractivity contribution < 1.29 is 9.32 Å². The van der Waals surface area contributed by atoms with Gasteiger partial charge in [0.15, 0.2) is 0 Å². The van der Waals surface area contributed by atoms with Gasteiger partial charge in [-0.25, -0.2) is 4.98 Å². The van der Waals surface area contributed by atoms with E-state index in [-0.39, 0.29) is 18.3 Å². The molecule has 0 fully saturated rings. The smallest absolute Gasteiger partial charge is 0.262 e. The van der Waals surface area contributed by atoms with Crippen molar-refractivity contribution in [3.8, 4) is 0 Å². The van der Waals surface area contributed by atoms with Gasteiger partial charge < -0.3 is 9.84 Å². The van der Waals surface area contributed by atoms with Gasteiger partial charge in [-0.3, -0.25) is 4.79 Å². The quantitative estimate of drug-likeness (QED) is 0.871. The number of rotatable bonds is 2. The monoisotopic (exact) mass is 239 g/mol. The molecule has 0 unspecified atom stereocenters. The number of pyridine rings is 1. The third-order valence-corrected chi connectivity index (χ3v) is 1.90. The Bertz CT molecular complexity index is 470. The Labute approximate surface area is 98.3 Å². The molecule has 0 saturated carbocycles. The number of anilines is 1. The van der Waals surface area contributed by atoms with E-state index in [4.69, 9.17) is 4.52 Å². The molecule has 1 amide bonds. The summed E-state index contributed by atoms with van der Waals surface area (Å²) in [7, 11) is 0. The van der Waals surface area contributed by atoms with Gasteiger partial charge in [-0.1, -0.05) is 11.2 Å². The van der Waals surface area contributed by atoms with Crippen molar-refractivity contribution in [3.63, 3.8) is 0 Å². The van der Waals surface area contributed by atoms with E-state index in [1.165, 1.54) is 6.20 Å². The zero-order valence-electron chi connectivity index (χ0n) is 8.51. The predicted molar refractivity (Wildman–Crippen MR) is 60.7 cm³/mol. The van der Waals surface area contributed by atoms with E-state index < -0.39 is 0 Å². The number of carbonyl (C=O) groups is 1. The average Bonchev–Trinajstić information content (AvgIpc) is 2.66. The molecule has 1 N–H and O–H groups in total. The number of aryl methyl sites for hydroxylation is 1. The van der Waals surface area contributed by atoms with Crippen LogP contribution in [0.1, 0.15) is 16.1 Å². The lowest BCUT2D eigenvalue weighted by Gasteiger charge is -2.01. The van der Waals surface area contributed by atoms with E-state index in [1.54, 1.807) is 31.3 Å². The Kier molecular flexibility index (Phi) is 4.02. The maximum Gasteiger partial charge on any atom is 0.262 e. The van der Waals surface area contributed by atoms with Gasteiger partial charge in [-0.2, -0.15) is 0 Å². The van der Waals surface area contributed by atoms with Crippen LogP contribution < -0.4 is 5.32 Å². The molecule has 0 spiro atoms. The Morgan fingerprint density at radius 1 is 1.44 bits per heavy atom. The topological polar surface area (TPSA) is 68.0 Å². The van der Waals surface area contributed by atoms with E-state index in [2.05, 4.69) is 15.5 Å². The van der Waals surface area contributed by atoms with E-state index >= 15 is 0 Å². The third kappa shape index (κ3) is 2.58. The molecule has 6 heteroatoms. The highest BCUT2D eigenvalue weighted by Gasteiger charge is 2.12. The first-order valence-electron chi connectivity index (χ1n) is 4.41. The number of aromatic nitrogens is 2. The van der Waals surface area contributed by atoms with Crippen LogP contribution in [0.2, 0.25) is 0 Å². The summed E-state index contributed by atoms with van der Waals surface area (Å²) in [5.41, 5.74) is 0.417. The fraction of sp³-hybridized carbons (Fsp3) is 0.100. The molecule has 84 valence electrons. The van der Waals surface area contributed by atoms with Crippen molar-refractivity contribution in [2.75, 3.05) is 5.32 Å². The normalized spacial score (nSPS) is 9.31. The second-order valence-corrected chi connectivity index (χ2v) is 2.96. The lowest BCUT2D eigenvalue weighted by atomic mass is 10.2. The molecule has 2 aromatic heterocycles. The lowest BCUT2D eigenvalue weighted by Crippen LogP contribution is -2.12. The molecule has 5 nitrogen and oxygen atoms in total. The standard InChI is InChI=1S/C10H9N3O2.ClH/c1-7-8(6-12-15-7)10(14)13-9-4-2-3-5-11-9;/h2-6H,1H3,(H,11,13,14);1H. The number of hydrogen-bond acceptors (Lipinski definition) is 4. The SMILES string of the molecule is Cc1oncc1C(=O)Nc1ccccn1.Cl. The molecule has 0 radical (unpaired) electrons. The number of halogens is 1. The maximum atomic E-state index is 11.6. The van der Waals surface area contributed by atoms with Crippen molar-refractivity contribution in [2.45, 2.75) is 6.92 Å². The molecule has 0 aliphatic carbocycles. The first-order chi connectivity index (χ1) is 7.27. The van der Waals surface area contributed by atoms with Crippen LogP contribution in [0.3, 0.4) is 0 Å². The molecule has 0 aliphatic heterocycles. The summed E-state index contributed by atoms with van der Waals surface area (Å²) in [5.74, 6) is 0.721. The maximum absolute atomic E-state index is 11.6. The van der Waals surface area contributed by atoms with Crippen LogP contribution in [0, 0.1) is 6.92 Å². The van der Waals surface area contributed by atoms with Crippen LogP contribution in [-0.2, 0) is 0 Å². The van der Waals surface area contributed by atoms with E-state index in [0.29, 0.717) is 17.1 Å². The van der Waals surface area contributed by atoms with Crippen LogP contribution in [-0.4, -0.2) is 16.0 Å². The van der Waals surface area contributed by atoms with Crippen LogP contribution in [0.15, 0.2) is 35.1 Å². The highest BCUT2D eigenvalue weighted by molar-refractivity contribution is 6.04. The molecular weight excluding hydrogens is 230 g/mol. The molecule has 0 aromatic carbocycles. The number of nitrogens with one attached hydrogen (secondary N) is 1. The van der Waals surface area contributed by atoms with Gasteiger partial charge in [0.05, 0.1) is 6.20 Å². The van der Waals surface area contributed by atoms with E-state index in [9.17, 15) is 4.79 Å². The molecule has 2 aromatic rings. The summed E-state index contributed by atoms with van der Waals surface area (Å²) < 4.78 is 4.79. The molecule has 0 bridgehead atoms. The number of nitrogens with zero attached hydrogens (tertiary/aromatic N) is 2. The minimum Gasteiger partial charge on any atom is -0.361 e. The zero-order chi connectivity index (χ0) is 10.7. The molecule has 16 heavy (non-hydrogen) atoms. The highest BCUT2D eigenvalue weighted by atomic mass is 35.5. The van der Waals surface area contributed by atoms with Crippen LogP contribution >= 0.6 is 12.4 Å². The van der Waals surface area contributed by atoms with Crippen LogP contribution in [0.25, 0.3) is 0 Å². The Morgan fingerprint density at radius 2 is 2.25 bits per heavy atom. The van der Waals surface area contributed by atoms with Gasteiger partial charge in [0.2, 0.25) is 0 Å². The van der Waals surface area contributed by atoms with Crippen molar-refractivity contribution in [1.29, 1.82) is 0 Å². The lowest BCUT2D eigenvalue weighted by molar-refractivity contribution is 0.102. The Hall–Kier alpha value is -1.88. The fourth-order valence-corrected chi connectivity index (χ4v) is 1.14. The largest absolute Gasteiger partial charge is 0.361 e. The van der Waals surface area contributed by atoms with E-state index in [0.717, 1.165) is 0 Å². The van der Waals surface area contributed by atoms with Gasteiger partial charge in [-0.05, 0) is 19.1 Å². The summed E-state index contributed by atoms with van der Waals surface area (Å²) in [4.78, 5) is 15.6. The number of carbonyl (C=O) groups excluding carboxylic acids is 1. The highest BCUT2D eigenvalue weighted by Crippen LogP contribution is 2.09. The number of amides is 1. The summed E-state index contributed by atoms with van der Waals surface area (Å²) in [6.45, 7) is 1.68. The average molecular weight is 240 g/mol. The fourth-order valence-electron chi connectivity index (χ4n) is 1.14. The predicted octanol–water partition coefficient (Wildman–Crippen LogP) is 2.05. The molecule has 0 saturated heterocycles. The van der Waals surface area contributed by atoms with Crippen molar-refractivity contribution in [2.24, 2.45) is 0 Å². The summed E-state index contributed by atoms with van der Waals surface area (Å²) >= 11 is 0. The molecular formula is C10H10ClN3O2. The first-order valence-corrected chi connectivity index (χ1v) is 4.41. The minimum atomic E-state index is -0.271. The first kappa shape index (κ1) is 12.2. The zero-order valence-corrected chi connectivity index (χ0v) is 9.32. The molecule has 0 atom stereocenters. The van der Waals surface area contributed by atoms with Crippen molar-refractivity contribution in [3.05, 3.63) is 41.9 Å².